The van der Waals surface area contributed by atoms with E-state index in [1.807, 2.05) is 0 Å². The maximum absolute atomic E-state index is 6.48. The van der Waals surface area contributed by atoms with Gasteiger partial charge in [-0.1, -0.05) is 49.5 Å². The minimum Gasteiger partial charge on any atom is -0.374 e. The largest absolute Gasteiger partial charge is 0.374 e. The normalized spacial score (nSPS) is 40.9. The molecule has 1 nitrogen and oxygen atoms in total. The first-order valence-electron chi connectivity index (χ1n) is 7.43. The van der Waals surface area contributed by atoms with Gasteiger partial charge in [-0.25, -0.2) is 0 Å². The average Bonchev–Trinajstić information content (AvgIpc) is 2.33. The van der Waals surface area contributed by atoms with Crippen molar-refractivity contribution in [3.63, 3.8) is 0 Å². The van der Waals surface area contributed by atoms with Crippen molar-refractivity contribution in [2.75, 3.05) is 0 Å². The van der Waals surface area contributed by atoms with Crippen LogP contribution < -0.4 is 0 Å². The van der Waals surface area contributed by atoms with Crippen LogP contribution in [0.2, 0.25) is 0 Å². The fraction of sp³-hybridized carbons (Fsp3) is 1.00. The summed E-state index contributed by atoms with van der Waals surface area (Å²) in [5.41, 5.74) is 0.414. The van der Waals surface area contributed by atoms with E-state index >= 15 is 0 Å². The van der Waals surface area contributed by atoms with E-state index in [1.165, 1.54) is 44.9 Å². The molecule has 4 unspecified atom stereocenters. The van der Waals surface area contributed by atoms with Gasteiger partial charge in [-0.2, -0.15) is 0 Å². The second-order valence-corrected chi connectivity index (χ2v) is 7.17. The topological polar surface area (TPSA) is 9.23 Å². The molecule has 0 aliphatic heterocycles. The third-order valence-electron chi connectivity index (χ3n) is 5.37. The van der Waals surface area contributed by atoms with Crippen LogP contribution in [-0.4, -0.2) is 17.0 Å². The summed E-state index contributed by atoms with van der Waals surface area (Å²) in [5.74, 6) is 0.768. The summed E-state index contributed by atoms with van der Waals surface area (Å²) in [5, 5.41) is 0. The Bertz CT molecular complexity index is 249. The van der Waals surface area contributed by atoms with E-state index in [9.17, 15) is 0 Å². The number of ether oxygens (including phenoxy) is 1. The quantitative estimate of drug-likeness (QED) is 0.670. The van der Waals surface area contributed by atoms with Crippen molar-refractivity contribution < 1.29 is 4.74 Å². The minimum atomic E-state index is 0.414. The molecular formula is C15H27BrO. The lowest BCUT2D eigenvalue weighted by atomic mass is 9.62. The molecule has 0 radical (unpaired) electrons. The molecule has 0 amide bonds. The monoisotopic (exact) mass is 302 g/mol. The molecule has 100 valence electrons. The van der Waals surface area contributed by atoms with Gasteiger partial charge in [0.05, 0.1) is 12.2 Å². The summed E-state index contributed by atoms with van der Waals surface area (Å²) >= 11 is 3.84. The third kappa shape index (κ3) is 2.45. The number of alkyl halides is 1. The fourth-order valence-electron chi connectivity index (χ4n) is 3.73. The van der Waals surface area contributed by atoms with Gasteiger partial charge in [0.15, 0.2) is 0 Å². The van der Waals surface area contributed by atoms with Gasteiger partial charge in [0.1, 0.15) is 0 Å². The van der Waals surface area contributed by atoms with Gasteiger partial charge >= 0.3 is 0 Å². The molecule has 2 fully saturated rings. The van der Waals surface area contributed by atoms with Gasteiger partial charge in [-0.15, -0.1) is 0 Å². The Morgan fingerprint density at radius 2 is 1.82 bits per heavy atom. The zero-order chi connectivity index (χ0) is 12.5. The highest BCUT2D eigenvalue weighted by molar-refractivity contribution is 9.09. The fourth-order valence-corrected chi connectivity index (χ4v) is 5.02. The first kappa shape index (κ1) is 13.9. The van der Waals surface area contributed by atoms with Gasteiger partial charge in [-0.05, 0) is 38.0 Å². The molecule has 0 spiro atoms. The van der Waals surface area contributed by atoms with Crippen molar-refractivity contribution in [3.8, 4) is 0 Å². The highest BCUT2D eigenvalue weighted by Crippen LogP contribution is 2.53. The van der Waals surface area contributed by atoms with Gasteiger partial charge < -0.3 is 4.74 Å². The summed E-state index contributed by atoms with van der Waals surface area (Å²) in [6, 6.07) is 0. The smallest absolute Gasteiger partial charge is 0.0656 e. The van der Waals surface area contributed by atoms with Gasteiger partial charge in [0.25, 0.3) is 0 Å². The van der Waals surface area contributed by atoms with E-state index in [4.69, 9.17) is 4.74 Å². The molecular weight excluding hydrogens is 276 g/mol. The van der Waals surface area contributed by atoms with E-state index in [-0.39, 0.29) is 0 Å². The van der Waals surface area contributed by atoms with Crippen molar-refractivity contribution in [1.29, 1.82) is 0 Å². The summed E-state index contributed by atoms with van der Waals surface area (Å²) in [6.45, 7) is 7.00. The molecule has 2 rings (SSSR count). The molecule has 4 atom stereocenters. The minimum absolute atomic E-state index is 0.414. The number of hydrogen-bond donors (Lipinski definition) is 0. The second kappa shape index (κ2) is 5.61. The summed E-state index contributed by atoms with van der Waals surface area (Å²) in [6.07, 6.45) is 10.2. The summed E-state index contributed by atoms with van der Waals surface area (Å²) in [7, 11) is 0. The van der Waals surface area contributed by atoms with Gasteiger partial charge in [0.2, 0.25) is 0 Å². The molecule has 0 N–H and O–H groups in total. The predicted octanol–water partition coefficient (Wildman–Crippen LogP) is 4.92. The maximum Gasteiger partial charge on any atom is 0.0656 e. The maximum atomic E-state index is 6.48. The Kier molecular flexibility index (Phi) is 4.57. The lowest BCUT2D eigenvalue weighted by Gasteiger charge is -2.54. The Labute approximate surface area is 115 Å². The van der Waals surface area contributed by atoms with Crippen LogP contribution in [0, 0.1) is 11.3 Å². The Morgan fingerprint density at radius 3 is 2.35 bits per heavy atom. The van der Waals surface area contributed by atoms with Crippen LogP contribution in [0.15, 0.2) is 0 Å². The van der Waals surface area contributed by atoms with Crippen LogP contribution in [-0.2, 0) is 4.74 Å². The molecule has 0 bridgehead atoms. The Balaban J connectivity index is 1.94. The molecule has 17 heavy (non-hydrogen) atoms. The molecule has 0 heterocycles. The number of hydrogen-bond acceptors (Lipinski definition) is 1. The van der Waals surface area contributed by atoms with E-state index in [1.54, 1.807) is 0 Å². The van der Waals surface area contributed by atoms with Crippen LogP contribution in [0.25, 0.3) is 0 Å². The van der Waals surface area contributed by atoms with Crippen LogP contribution >= 0.6 is 15.9 Å². The zero-order valence-corrected chi connectivity index (χ0v) is 13.1. The molecule has 0 saturated heterocycles. The standard InChI is InChI=1S/C15H27BrO/c1-4-15(5-2)13(16)10-14(15)17-12-9-7-6-8-11(12)3/h11-14H,4-10H2,1-3H3. The zero-order valence-electron chi connectivity index (χ0n) is 11.5. The SMILES string of the molecule is CCC1(CC)C(Br)CC1OC1CCCCC1C. The molecule has 2 aliphatic rings. The number of halogens is 1. The average molecular weight is 303 g/mol. The molecule has 0 aromatic heterocycles. The highest BCUT2D eigenvalue weighted by Gasteiger charge is 2.53. The molecule has 2 saturated carbocycles. The van der Waals surface area contributed by atoms with Crippen LogP contribution in [0.3, 0.4) is 0 Å². The third-order valence-corrected chi connectivity index (χ3v) is 6.66. The predicted molar refractivity (Wildman–Crippen MR) is 76.6 cm³/mol. The first-order chi connectivity index (χ1) is 8.14. The molecule has 0 aromatic carbocycles. The van der Waals surface area contributed by atoms with Crippen molar-refractivity contribution in [3.05, 3.63) is 0 Å². The van der Waals surface area contributed by atoms with Gasteiger partial charge in [-0.3, -0.25) is 0 Å². The first-order valence-corrected chi connectivity index (χ1v) is 8.35. The highest BCUT2D eigenvalue weighted by atomic mass is 79.9. The van der Waals surface area contributed by atoms with E-state index < -0.39 is 0 Å². The van der Waals surface area contributed by atoms with Gasteiger partial charge in [0, 0.05) is 10.2 Å². The number of rotatable bonds is 4. The molecule has 2 aliphatic carbocycles. The van der Waals surface area contributed by atoms with Crippen molar-refractivity contribution in [2.45, 2.75) is 82.8 Å². The van der Waals surface area contributed by atoms with Crippen molar-refractivity contribution in [1.82, 2.24) is 0 Å². The molecule has 0 aromatic rings. The summed E-state index contributed by atoms with van der Waals surface area (Å²) < 4.78 is 6.48. The van der Waals surface area contributed by atoms with Crippen LogP contribution in [0.4, 0.5) is 0 Å². The Morgan fingerprint density at radius 1 is 1.18 bits per heavy atom. The van der Waals surface area contributed by atoms with Crippen molar-refractivity contribution in [2.24, 2.45) is 11.3 Å². The molecule has 2 heteroatoms. The summed E-state index contributed by atoms with van der Waals surface area (Å²) in [4.78, 5) is 0.675. The second-order valence-electron chi connectivity index (χ2n) is 6.07. The van der Waals surface area contributed by atoms with E-state index in [2.05, 4.69) is 36.7 Å². The lowest BCUT2D eigenvalue weighted by Crippen LogP contribution is -2.56. The van der Waals surface area contributed by atoms with Crippen LogP contribution in [0.1, 0.15) is 65.7 Å². The Hall–Kier alpha value is 0.440. The van der Waals surface area contributed by atoms with E-state index in [0.717, 1.165) is 5.92 Å². The van der Waals surface area contributed by atoms with Crippen molar-refractivity contribution >= 4 is 15.9 Å². The lowest BCUT2D eigenvalue weighted by molar-refractivity contribution is -0.158. The van der Waals surface area contributed by atoms with E-state index in [0.29, 0.717) is 22.5 Å². The van der Waals surface area contributed by atoms with Crippen LogP contribution in [0.5, 0.6) is 0 Å².